The topological polar surface area (TPSA) is 24.5 Å². The fourth-order valence-electron chi connectivity index (χ4n) is 3.03. The molecule has 0 spiro atoms. The van der Waals surface area contributed by atoms with Crippen molar-refractivity contribution in [2.45, 2.75) is 45.2 Å². The Kier molecular flexibility index (Phi) is 6.22. The lowest BCUT2D eigenvalue weighted by atomic mass is 9.88. The van der Waals surface area contributed by atoms with Crippen LogP contribution in [0.5, 0.6) is 0 Å². The van der Waals surface area contributed by atoms with E-state index in [1.165, 1.54) is 5.56 Å². The molecule has 2 atom stereocenters. The molecule has 2 rings (SSSR count). The zero-order valence-electron chi connectivity index (χ0n) is 13.8. The monoisotopic (exact) mass is 290 g/mol. The molecule has 1 aliphatic rings. The number of ether oxygens (including phenoxy) is 1. The van der Waals surface area contributed by atoms with E-state index in [4.69, 9.17) is 4.74 Å². The first-order chi connectivity index (χ1) is 10.2. The molecule has 1 saturated heterocycles. The minimum Gasteiger partial charge on any atom is -0.381 e. The third-order valence-electron chi connectivity index (χ3n) is 4.42. The summed E-state index contributed by atoms with van der Waals surface area (Å²) in [5.41, 5.74) is 1.43. The van der Waals surface area contributed by atoms with Gasteiger partial charge in [-0.15, -0.1) is 0 Å². The first-order valence-corrected chi connectivity index (χ1v) is 8.28. The molecule has 1 aromatic rings. The number of nitrogens with zero attached hydrogens (tertiary/aromatic N) is 1. The highest BCUT2D eigenvalue weighted by atomic mass is 16.5. The largest absolute Gasteiger partial charge is 0.381 e. The summed E-state index contributed by atoms with van der Waals surface area (Å²) in [5.74, 6) is 0. The molecule has 1 fully saturated rings. The highest BCUT2D eigenvalue weighted by molar-refractivity contribution is 5.25. The average molecular weight is 290 g/mol. The van der Waals surface area contributed by atoms with Crippen molar-refractivity contribution in [2.75, 3.05) is 32.8 Å². The van der Waals surface area contributed by atoms with E-state index >= 15 is 0 Å². The van der Waals surface area contributed by atoms with Gasteiger partial charge in [-0.25, -0.2) is 0 Å². The van der Waals surface area contributed by atoms with Gasteiger partial charge in [0.15, 0.2) is 0 Å². The van der Waals surface area contributed by atoms with Gasteiger partial charge in [0.2, 0.25) is 0 Å². The van der Waals surface area contributed by atoms with Gasteiger partial charge in [-0.3, -0.25) is 4.90 Å². The van der Waals surface area contributed by atoms with E-state index in [2.05, 4.69) is 61.3 Å². The van der Waals surface area contributed by atoms with Gasteiger partial charge in [0.25, 0.3) is 0 Å². The van der Waals surface area contributed by atoms with Crippen molar-refractivity contribution < 1.29 is 4.74 Å². The molecule has 2 unspecified atom stereocenters. The molecule has 1 heterocycles. The Bertz CT molecular complexity index is 409. The van der Waals surface area contributed by atoms with E-state index in [0.29, 0.717) is 6.04 Å². The predicted molar refractivity (Wildman–Crippen MR) is 88.6 cm³/mol. The van der Waals surface area contributed by atoms with Gasteiger partial charge in [-0.2, -0.15) is 0 Å². The van der Waals surface area contributed by atoms with E-state index in [0.717, 1.165) is 45.7 Å². The normalized spacial score (nSPS) is 26.9. The molecular weight excluding hydrogens is 260 g/mol. The number of piperazine rings is 1. The Morgan fingerprint density at radius 3 is 2.76 bits per heavy atom. The number of benzene rings is 1. The summed E-state index contributed by atoms with van der Waals surface area (Å²) in [7, 11) is 0. The van der Waals surface area contributed by atoms with Crippen LogP contribution in [0.1, 0.15) is 39.2 Å². The minimum atomic E-state index is 0.0536. The summed E-state index contributed by atoms with van der Waals surface area (Å²) in [6, 6.07) is 11.4. The second-order valence-electron chi connectivity index (χ2n) is 6.36. The van der Waals surface area contributed by atoms with Crippen LogP contribution in [0.15, 0.2) is 30.3 Å². The summed E-state index contributed by atoms with van der Waals surface area (Å²) in [5, 5.41) is 3.73. The maximum Gasteiger partial charge on any atom is 0.0535 e. The molecule has 118 valence electrons. The van der Waals surface area contributed by atoms with Gasteiger partial charge in [0, 0.05) is 38.9 Å². The van der Waals surface area contributed by atoms with Crippen molar-refractivity contribution in [2.24, 2.45) is 0 Å². The molecule has 3 heteroatoms. The van der Waals surface area contributed by atoms with Gasteiger partial charge >= 0.3 is 0 Å². The fraction of sp³-hybridized carbons (Fsp3) is 0.667. The molecule has 1 aromatic carbocycles. The van der Waals surface area contributed by atoms with Crippen LogP contribution in [0.4, 0.5) is 0 Å². The van der Waals surface area contributed by atoms with E-state index in [9.17, 15) is 0 Å². The Hall–Kier alpha value is -0.900. The van der Waals surface area contributed by atoms with Crippen molar-refractivity contribution in [1.82, 2.24) is 10.2 Å². The second-order valence-corrected chi connectivity index (χ2v) is 6.36. The van der Waals surface area contributed by atoms with Crippen LogP contribution < -0.4 is 5.32 Å². The Labute approximate surface area is 129 Å². The van der Waals surface area contributed by atoms with Crippen molar-refractivity contribution in [3.8, 4) is 0 Å². The molecule has 0 radical (unpaired) electrons. The van der Waals surface area contributed by atoms with Crippen LogP contribution in [-0.4, -0.2) is 43.8 Å². The minimum absolute atomic E-state index is 0.0536. The van der Waals surface area contributed by atoms with Crippen molar-refractivity contribution in [3.05, 3.63) is 35.9 Å². The van der Waals surface area contributed by atoms with Crippen LogP contribution in [0.25, 0.3) is 0 Å². The molecule has 0 amide bonds. The Morgan fingerprint density at radius 1 is 1.29 bits per heavy atom. The third kappa shape index (κ3) is 4.53. The van der Waals surface area contributed by atoms with Crippen molar-refractivity contribution >= 4 is 0 Å². The lowest BCUT2D eigenvalue weighted by molar-refractivity contribution is 0.0735. The summed E-state index contributed by atoms with van der Waals surface area (Å²) >= 11 is 0. The van der Waals surface area contributed by atoms with Gasteiger partial charge < -0.3 is 10.1 Å². The number of rotatable bonds is 7. The zero-order valence-corrected chi connectivity index (χ0v) is 13.8. The van der Waals surface area contributed by atoms with Gasteiger partial charge in [-0.1, -0.05) is 37.3 Å². The summed E-state index contributed by atoms with van der Waals surface area (Å²) in [4.78, 5) is 2.60. The van der Waals surface area contributed by atoms with Crippen molar-refractivity contribution in [3.63, 3.8) is 0 Å². The first-order valence-electron chi connectivity index (χ1n) is 8.28. The molecule has 0 aromatic heterocycles. The van der Waals surface area contributed by atoms with E-state index in [-0.39, 0.29) is 5.54 Å². The van der Waals surface area contributed by atoms with Crippen molar-refractivity contribution in [1.29, 1.82) is 0 Å². The average Bonchev–Trinajstić information content (AvgIpc) is 2.51. The quantitative estimate of drug-likeness (QED) is 0.781. The van der Waals surface area contributed by atoms with E-state index < -0.39 is 0 Å². The summed E-state index contributed by atoms with van der Waals surface area (Å²) in [6.07, 6.45) is 2.23. The lowest BCUT2D eigenvalue weighted by Gasteiger charge is -2.45. The van der Waals surface area contributed by atoms with Gasteiger partial charge in [-0.05, 0) is 32.3 Å². The molecular formula is C18H30N2O. The SMILES string of the molecule is CCCOCCCN1CC(C)(c2ccccc2)NCC1C. The second kappa shape index (κ2) is 7.92. The summed E-state index contributed by atoms with van der Waals surface area (Å²) < 4.78 is 5.60. The maximum absolute atomic E-state index is 5.60. The highest BCUT2D eigenvalue weighted by Crippen LogP contribution is 2.26. The standard InChI is InChI=1S/C18H30N2O/c1-4-12-21-13-8-11-20-15-18(3,19-14-16(20)2)17-9-6-5-7-10-17/h5-7,9-10,16,19H,4,8,11-15H2,1-3H3. The predicted octanol–water partition coefficient (Wildman–Crippen LogP) is 3.01. The zero-order chi connectivity index (χ0) is 15.1. The maximum atomic E-state index is 5.60. The smallest absolute Gasteiger partial charge is 0.0535 e. The van der Waals surface area contributed by atoms with Crippen LogP contribution in [-0.2, 0) is 10.3 Å². The van der Waals surface area contributed by atoms with Gasteiger partial charge in [0.1, 0.15) is 0 Å². The Morgan fingerprint density at radius 2 is 2.05 bits per heavy atom. The summed E-state index contributed by atoms with van der Waals surface area (Å²) in [6.45, 7) is 11.8. The van der Waals surface area contributed by atoms with Crippen LogP contribution in [0, 0.1) is 0 Å². The van der Waals surface area contributed by atoms with Gasteiger partial charge in [0.05, 0.1) is 5.54 Å². The van der Waals surface area contributed by atoms with E-state index in [1.54, 1.807) is 0 Å². The number of hydrogen-bond donors (Lipinski definition) is 1. The molecule has 21 heavy (non-hydrogen) atoms. The number of hydrogen-bond acceptors (Lipinski definition) is 3. The van der Waals surface area contributed by atoms with Crippen LogP contribution in [0.2, 0.25) is 0 Å². The third-order valence-corrected chi connectivity index (χ3v) is 4.42. The molecule has 3 nitrogen and oxygen atoms in total. The van der Waals surface area contributed by atoms with Crippen LogP contribution >= 0.6 is 0 Å². The Balaban J connectivity index is 1.90. The highest BCUT2D eigenvalue weighted by Gasteiger charge is 2.34. The lowest BCUT2D eigenvalue weighted by Crippen LogP contribution is -2.60. The molecule has 0 aliphatic carbocycles. The number of nitrogens with one attached hydrogen (secondary N) is 1. The molecule has 1 N–H and O–H groups in total. The molecule has 0 bridgehead atoms. The molecule has 0 saturated carbocycles. The molecule has 1 aliphatic heterocycles. The first kappa shape index (κ1) is 16.5. The van der Waals surface area contributed by atoms with E-state index in [1.807, 2.05) is 0 Å². The van der Waals surface area contributed by atoms with Crippen LogP contribution in [0.3, 0.4) is 0 Å². The fourth-order valence-corrected chi connectivity index (χ4v) is 3.03.